The highest BCUT2D eigenvalue weighted by molar-refractivity contribution is 7.09. The molecule has 30 heavy (non-hydrogen) atoms. The zero-order valence-electron chi connectivity index (χ0n) is 16.3. The van der Waals surface area contributed by atoms with Gasteiger partial charge in [0.2, 0.25) is 5.82 Å². The highest BCUT2D eigenvalue weighted by atomic mass is 32.1. The number of rotatable bonds is 5. The van der Waals surface area contributed by atoms with E-state index in [-0.39, 0.29) is 5.56 Å². The fraction of sp³-hybridized carbons (Fsp3) is 0.190. The first-order valence-electron chi connectivity index (χ1n) is 9.12. The van der Waals surface area contributed by atoms with E-state index >= 15 is 0 Å². The molecule has 0 saturated carbocycles. The summed E-state index contributed by atoms with van der Waals surface area (Å²) in [5, 5.41) is 10.5. The van der Waals surface area contributed by atoms with Gasteiger partial charge in [0.15, 0.2) is 11.6 Å². The smallest absolute Gasteiger partial charge is 0.331 e. The molecule has 0 aliphatic carbocycles. The van der Waals surface area contributed by atoms with E-state index in [1.807, 2.05) is 39.9 Å². The lowest BCUT2D eigenvalue weighted by atomic mass is 10.0. The Labute approximate surface area is 175 Å². The van der Waals surface area contributed by atoms with Gasteiger partial charge in [-0.3, -0.25) is 4.57 Å². The highest BCUT2D eigenvalue weighted by Gasteiger charge is 2.32. The topological polar surface area (TPSA) is 48.5 Å². The maximum Gasteiger partial charge on any atom is 0.416 e. The Balaban J connectivity index is 1.73. The first kappa shape index (κ1) is 20.1. The lowest BCUT2D eigenvalue weighted by Gasteiger charge is -2.10. The first-order valence-corrected chi connectivity index (χ1v) is 10.00. The maximum absolute atomic E-state index is 13.2. The van der Waals surface area contributed by atoms with Crippen molar-refractivity contribution in [1.82, 2.24) is 24.3 Å². The summed E-state index contributed by atoms with van der Waals surface area (Å²) in [7, 11) is 1.87. The fourth-order valence-corrected chi connectivity index (χ4v) is 3.81. The molecule has 0 atom stereocenters. The summed E-state index contributed by atoms with van der Waals surface area (Å²) < 4.78 is 43.4. The second kappa shape index (κ2) is 7.91. The zero-order chi connectivity index (χ0) is 21.3. The summed E-state index contributed by atoms with van der Waals surface area (Å²) in [6, 6.07) is 8.24. The Morgan fingerprint density at radius 1 is 1.10 bits per heavy atom. The van der Waals surface area contributed by atoms with Crippen LogP contribution in [-0.2, 0) is 19.8 Å². The standard InChI is InChI=1S/C21H18F3N5S/c1-14-5-6-15(12-17(14)21(22,23)24)7-8-18-26-27-20(19-25-9-10-28(19)2)29(18)13-16-4-3-11-30-16/h3-12H,13H2,1-2H3/b8-7+. The van der Waals surface area contributed by atoms with Gasteiger partial charge in [0, 0.05) is 24.3 Å². The molecule has 0 aliphatic rings. The molecule has 0 fully saturated rings. The number of hydrogen-bond acceptors (Lipinski definition) is 4. The minimum atomic E-state index is -4.39. The SMILES string of the molecule is Cc1ccc(/C=C/c2nnc(-c3nccn3C)n2Cc2cccs2)cc1C(F)(F)F. The molecule has 5 nitrogen and oxygen atoms in total. The molecule has 0 amide bonds. The van der Waals surface area contributed by atoms with Crippen LogP contribution in [0.3, 0.4) is 0 Å². The quantitative estimate of drug-likeness (QED) is 0.433. The lowest BCUT2D eigenvalue weighted by Crippen LogP contribution is -2.07. The van der Waals surface area contributed by atoms with E-state index in [1.165, 1.54) is 13.0 Å². The van der Waals surface area contributed by atoms with E-state index in [2.05, 4.69) is 15.2 Å². The highest BCUT2D eigenvalue weighted by Crippen LogP contribution is 2.32. The molecule has 0 radical (unpaired) electrons. The van der Waals surface area contributed by atoms with Crippen molar-refractivity contribution in [3.63, 3.8) is 0 Å². The summed E-state index contributed by atoms with van der Waals surface area (Å²) >= 11 is 1.61. The van der Waals surface area contributed by atoms with Crippen LogP contribution in [0.15, 0.2) is 48.1 Å². The van der Waals surface area contributed by atoms with Crippen molar-refractivity contribution in [1.29, 1.82) is 0 Å². The van der Waals surface area contributed by atoms with E-state index in [0.717, 1.165) is 10.9 Å². The Hall–Kier alpha value is -3.20. The zero-order valence-corrected chi connectivity index (χ0v) is 17.1. The Bertz CT molecular complexity index is 1190. The normalized spacial score (nSPS) is 12.2. The van der Waals surface area contributed by atoms with Crippen LogP contribution >= 0.6 is 11.3 Å². The molecule has 0 aliphatic heterocycles. The van der Waals surface area contributed by atoms with Gasteiger partial charge in [-0.2, -0.15) is 13.2 Å². The molecule has 0 N–H and O–H groups in total. The van der Waals surface area contributed by atoms with Gasteiger partial charge in [0.25, 0.3) is 0 Å². The maximum atomic E-state index is 13.2. The minimum Gasteiger partial charge on any atom is -0.331 e. The van der Waals surface area contributed by atoms with E-state index in [0.29, 0.717) is 29.6 Å². The third-order valence-corrected chi connectivity index (χ3v) is 5.55. The molecule has 154 valence electrons. The largest absolute Gasteiger partial charge is 0.416 e. The minimum absolute atomic E-state index is 0.192. The van der Waals surface area contributed by atoms with Crippen LogP contribution in [0.5, 0.6) is 0 Å². The van der Waals surface area contributed by atoms with Gasteiger partial charge >= 0.3 is 6.18 Å². The molecular formula is C21H18F3N5S. The van der Waals surface area contributed by atoms with Crippen molar-refractivity contribution in [2.75, 3.05) is 0 Å². The monoisotopic (exact) mass is 429 g/mol. The van der Waals surface area contributed by atoms with Crippen molar-refractivity contribution in [2.24, 2.45) is 7.05 Å². The molecule has 4 rings (SSSR count). The number of aromatic nitrogens is 5. The molecule has 0 saturated heterocycles. The van der Waals surface area contributed by atoms with Gasteiger partial charge < -0.3 is 4.57 Å². The van der Waals surface area contributed by atoms with E-state index < -0.39 is 11.7 Å². The number of alkyl halides is 3. The van der Waals surface area contributed by atoms with Gasteiger partial charge in [0.05, 0.1) is 12.1 Å². The molecular weight excluding hydrogens is 411 g/mol. The summed E-state index contributed by atoms with van der Waals surface area (Å²) in [5.74, 6) is 1.79. The van der Waals surface area contributed by atoms with Gasteiger partial charge in [-0.25, -0.2) is 4.98 Å². The van der Waals surface area contributed by atoms with E-state index in [9.17, 15) is 13.2 Å². The van der Waals surface area contributed by atoms with Gasteiger partial charge in [-0.05, 0) is 41.6 Å². The predicted molar refractivity (Wildman–Crippen MR) is 111 cm³/mol. The van der Waals surface area contributed by atoms with E-state index in [1.54, 1.807) is 35.8 Å². The van der Waals surface area contributed by atoms with Crippen molar-refractivity contribution in [2.45, 2.75) is 19.6 Å². The van der Waals surface area contributed by atoms with E-state index in [4.69, 9.17) is 0 Å². The van der Waals surface area contributed by atoms with Crippen molar-refractivity contribution in [3.8, 4) is 11.6 Å². The molecule has 1 aromatic carbocycles. The molecule has 3 heterocycles. The Kier molecular flexibility index (Phi) is 5.29. The van der Waals surface area contributed by atoms with Gasteiger partial charge in [0.1, 0.15) is 0 Å². The van der Waals surface area contributed by atoms with Gasteiger partial charge in [-0.1, -0.05) is 24.3 Å². The van der Waals surface area contributed by atoms with Crippen LogP contribution in [0.2, 0.25) is 0 Å². The number of hydrogen-bond donors (Lipinski definition) is 0. The second-order valence-electron chi connectivity index (χ2n) is 6.81. The van der Waals surface area contributed by atoms with Crippen molar-refractivity contribution >= 4 is 23.5 Å². The number of imidazole rings is 1. The molecule has 3 aromatic heterocycles. The Morgan fingerprint density at radius 2 is 1.93 bits per heavy atom. The summed E-state index contributed by atoms with van der Waals surface area (Å²) in [4.78, 5) is 5.46. The second-order valence-corrected chi connectivity index (χ2v) is 7.85. The number of halogens is 3. The fourth-order valence-electron chi connectivity index (χ4n) is 3.12. The number of nitrogens with zero attached hydrogens (tertiary/aromatic N) is 5. The first-order chi connectivity index (χ1) is 14.3. The van der Waals surface area contributed by atoms with Crippen molar-refractivity contribution < 1.29 is 13.2 Å². The van der Waals surface area contributed by atoms with Crippen LogP contribution in [-0.4, -0.2) is 24.3 Å². The van der Waals surface area contributed by atoms with Crippen LogP contribution in [0.25, 0.3) is 23.8 Å². The lowest BCUT2D eigenvalue weighted by molar-refractivity contribution is -0.138. The summed E-state index contributed by atoms with van der Waals surface area (Å²) in [6.07, 6.45) is 2.40. The predicted octanol–water partition coefficient (Wildman–Crippen LogP) is 5.29. The van der Waals surface area contributed by atoms with Crippen LogP contribution in [0.4, 0.5) is 13.2 Å². The summed E-state index contributed by atoms with van der Waals surface area (Å²) in [5.41, 5.74) is -0.00637. The molecule has 0 bridgehead atoms. The molecule has 9 heteroatoms. The van der Waals surface area contributed by atoms with Crippen molar-refractivity contribution in [3.05, 3.63) is 75.5 Å². The third-order valence-electron chi connectivity index (χ3n) is 4.69. The summed E-state index contributed by atoms with van der Waals surface area (Å²) in [6.45, 7) is 1.99. The number of benzene rings is 1. The average Bonchev–Trinajstić information content (AvgIpc) is 3.43. The molecule has 0 spiro atoms. The Morgan fingerprint density at radius 3 is 2.60 bits per heavy atom. The third kappa shape index (κ3) is 4.06. The van der Waals surface area contributed by atoms with Gasteiger partial charge in [-0.15, -0.1) is 21.5 Å². The average molecular weight is 429 g/mol. The number of thiophene rings is 1. The van der Waals surface area contributed by atoms with Crippen LogP contribution in [0.1, 0.15) is 27.4 Å². The molecule has 4 aromatic rings. The molecule has 0 unspecified atom stereocenters. The van der Waals surface area contributed by atoms with Crippen LogP contribution < -0.4 is 0 Å². The van der Waals surface area contributed by atoms with Crippen LogP contribution in [0, 0.1) is 6.92 Å². The number of aryl methyl sites for hydroxylation is 2.